The predicted octanol–water partition coefficient (Wildman–Crippen LogP) is 3.12. The van der Waals surface area contributed by atoms with Crippen molar-refractivity contribution in [2.45, 2.75) is 51.1 Å². The average Bonchev–Trinajstić information content (AvgIpc) is 2.47. The molecule has 1 aliphatic heterocycles. The van der Waals surface area contributed by atoms with E-state index < -0.39 is 5.97 Å². The minimum absolute atomic E-state index is 0.287. The molecular weight excluding hydrogens is 264 g/mol. The van der Waals surface area contributed by atoms with Gasteiger partial charge in [0, 0.05) is 18.3 Å². The van der Waals surface area contributed by atoms with E-state index in [4.69, 9.17) is 5.73 Å². The maximum Gasteiger partial charge on any atom is 0.338 e. The number of piperidine rings is 1. The van der Waals surface area contributed by atoms with Crippen LogP contribution in [0.25, 0.3) is 0 Å². The van der Waals surface area contributed by atoms with Crippen LogP contribution in [0.15, 0.2) is 18.2 Å². The van der Waals surface area contributed by atoms with Crippen LogP contribution in [-0.4, -0.2) is 28.6 Å². The van der Waals surface area contributed by atoms with Gasteiger partial charge in [-0.3, -0.25) is 4.90 Å². The summed E-state index contributed by atoms with van der Waals surface area (Å²) in [5, 5.41) is 9.41. The first kappa shape index (κ1) is 14.4. The molecule has 1 aliphatic carbocycles. The largest absolute Gasteiger partial charge is 0.478 e. The van der Waals surface area contributed by atoms with Crippen molar-refractivity contribution in [2.75, 3.05) is 12.3 Å². The number of carboxylic acids is 1. The van der Waals surface area contributed by atoms with Crippen molar-refractivity contribution in [3.8, 4) is 0 Å². The third-order valence-corrected chi connectivity index (χ3v) is 5.13. The second-order valence-corrected chi connectivity index (χ2v) is 6.41. The minimum atomic E-state index is -0.916. The fourth-order valence-electron chi connectivity index (χ4n) is 4.16. The molecule has 1 aromatic carbocycles. The van der Waals surface area contributed by atoms with Crippen LogP contribution >= 0.6 is 0 Å². The van der Waals surface area contributed by atoms with Crippen molar-refractivity contribution in [2.24, 2.45) is 5.92 Å². The van der Waals surface area contributed by atoms with E-state index in [9.17, 15) is 9.90 Å². The lowest BCUT2D eigenvalue weighted by Crippen LogP contribution is -2.46. The van der Waals surface area contributed by atoms with Crippen LogP contribution in [0.3, 0.4) is 0 Å². The Balaban J connectivity index is 1.82. The van der Waals surface area contributed by atoms with Gasteiger partial charge in [-0.2, -0.15) is 0 Å². The van der Waals surface area contributed by atoms with Gasteiger partial charge in [0.25, 0.3) is 0 Å². The van der Waals surface area contributed by atoms with Crippen LogP contribution in [0.1, 0.15) is 54.4 Å². The number of anilines is 1. The van der Waals surface area contributed by atoms with Gasteiger partial charge in [-0.15, -0.1) is 0 Å². The number of hydrogen-bond acceptors (Lipinski definition) is 3. The highest BCUT2D eigenvalue weighted by atomic mass is 16.4. The van der Waals surface area contributed by atoms with Crippen molar-refractivity contribution in [3.63, 3.8) is 0 Å². The smallest absolute Gasteiger partial charge is 0.338 e. The van der Waals surface area contributed by atoms with Gasteiger partial charge in [0.15, 0.2) is 0 Å². The summed E-state index contributed by atoms with van der Waals surface area (Å²) in [6, 6.07) is 6.08. The molecule has 3 rings (SSSR count). The zero-order valence-electron chi connectivity index (χ0n) is 12.4. The zero-order chi connectivity index (χ0) is 14.8. The van der Waals surface area contributed by atoms with E-state index in [1.54, 1.807) is 6.07 Å². The van der Waals surface area contributed by atoms with E-state index in [1.165, 1.54) is 38.5 Å². The molecule has 1 saturated heterocycles. The Morgan fingerprint density at radius 1 is 1.24 bits per heavy atom. The van der Waals surface area contributed by atoms with Gasteiger partial charge in [-0.1, -0.05) is 25.0 Å². The van der Waals surface area contributed by atoms with Crippen LogP contribution in [0.4, 0.5) is 5.69 Å². The molecule has 0 spiro atoms. The number of carboxylic acid groups (broad SMARTS) is 1. The van der Waals surface area contributed by atoms with Crippen molar-refractivity contribution in [1.82, 2.24) is 4.90 Å². The summed E-state index contributed by atoms with van der Waals surface area (Å²) in [5.74, 6) is -0.109. The number of likely N-dealkylation sites (tertiary alicyclic amines) is 1. The number of rotatable bonds is 3. The van der Waals surface area contributed by atoms with Gasteiger partial charge in [-0.05, 0) is 49.8 Å². The molecule has 0 amide bonds. The Kier molecular flexibility index (Phi) is 4.15. The average molecular weight is 288 g/mol. The molecule has 0 radical (unpaired) electrons. The third-order valence-electron chi connectivity index (χ3n) is 5.13. The Hall–Kier alpha value is -1.55. The van der Waals surface area contributed by atoms with E-state index in [-0.39, 0.29) is 5.56 Å². The van der Waals surface area contributed by atoms with Gasteiger partial charge in [0.1, 0.15) is 0 Å². The molecule has 21 heavy (non-hydrogen) atoms. The number of aromatic carboxylic acids is 1. The Morgan fingerprint density at radius 2 is 2.00 bits per heavy atom. The van der Waals surface area contributed by atoms with Crippen LogP contribution in [0.2, 0.25) is 0 Å². The summed E-state index contributed by atoms with van der Waals surface area (Å²) in [6.07, 6.45) is 7.82. The van der Waals surface area contributed by atoms with Crippen molar-refractivity contribution >= 4 is 11.7 Å². The number of nitrogens with two attached hydrogens (primary N) is 1. The predicted molar refractivity (Wildman–Crippen MR) is 83.2 cm³/mol. The summed E-state index contributed by atoms with van der Waals surface area (Å²) in [6.45, 7) is 1.79. The highest BCUT2D eigenvalue weighted by molar-refractivity contribution is 5.95. The summed E-state index contributed by atoms with van der Waals surface area (Å²) in [7, 11) is 0. The Bertz CT molecular complexity index is 528. The van der Waals surface area contributed by atoms with Gasteiger partial charge < -0.3 is 10.8 Å². The molecule has 2 atom stereocenters. The summed E-state index contributed by atoms with van der Waals surface area (Å²) in [5.41, 5.74) is 7.38. The van der Waals surface area contributed by atoms with Crippen molar-refractivity contribution in [1.29, 1.82) is 0 Å². The molecule has 2 aliphatic rings. The fraction of sp³-hybridized carbons (Fsp3) is 0.588. The van der Waals surface area contributed by atoms with Crippen molar-refractivity contribution in [3.05, 3.63) is 29.3 Å². The first-order chi connectivity index (χ1) is 10.2. The van der Waals surface area contributed by atoms with Crippen molar-refractivity contribution < 1.29 is 9.90 Å². The highest BCUT2D eigenvalue weighted by Crippen LogP contribution is 2.36. The van der Waals surface area contributed by atoms with Gasteiger partial charge in [-0.25, -0.2) is 4.79 Å². The van der Waals surface area contributed by atoms with Gasteiger partial charge in [0.05, 0.1) is 5.56 Å². The topological polar surface area (TPSA) is 66.6 Å². The molecule has 0 unspecified atom stereocenters. The van der Waals surface area contributed by atoms with E-state index in [2.05, 4.69) is 4.90 Å². The number of nitrogen functional groups attached to an aromatic ring is 1. The van der Waals surface area contributed by atoms with E-state index >= 15 is 0 Å². The molecule has 4 heteroatoms. The third kappa shape index (κ3) is 2.91. The van der Waals surface area contributed by atoms with Crippen LogP contribution in [-0.2, 0) is 6.54 Å². The molecular formula is C17H24N2O2. The molecule has 1 aromatic rings. The number of fused-ring (bicyclic) bond motifs is 1. The standard InChI is InChI=1S/C17H24N2O2/c18-14-8-3-6-13(16(14)17(20)21)11-19-10-4-7-12-5-1-2-9-15(12)19/h3,6,8,12,15H,1-2,4-5,7,9-11,18H2,(H,20,21)/t12-,15-/m1/s1. The van der Waals surface area contributed by atoms with Gasteiger partial charge in [0.2, 0.25) is 0 Å². The second kappa shape index (κ2) is 6.06. The molecule has 2 fully saturated rings. The van der Waals surface area contributed by atoms with Crippen LogP contribution < -0.4 is 5.73 Å². The summed E-state index contributed by atoms with van der Waals surface area (Å²) < 4.78 is 0. The lowest BCUT2D eigenvalue weighted by Gasteiger charge is -2.44. The highest BCUT2D eigenvalue weighted by Gasteiger charge is 2.33. The fourth-order valence-corrected chi connectivity index (χ4v) is 4.16. The lowest BCUT2D eigenvalue weighted by atomic mass is 9.78. The number of nitrogens with zero attached hydrogens (tertiary/aromatic N) is 1. The number of carbonyl (C=O) groups is 1. The monoisotopic (exact) mass is 288 g/mol. The van der Waals surface area contributed by atoms with Crippen LogP contribution in [0.5, 0.6) is 0 Å². The normalized spacial score (nSPS) is 26.3. The molecule has 0 aromatic heterocycles. The lowest BCUT2D eigenvalue weighted by molar-refractivity contribution is 0.0536. The van der Waals surface area contributed by atoms with Gasteiger partial charge >= 0.3 is 5.97 Å². The van der Waals surface area contributed by atoms with E-state index in [0.29, 0.717) is 18.3 Å². The Labute approximate surface area is 125 Å². The summed E-state index contributed by atoms with van der Waals surface area (Å²) >= 11 is 0. The molecule has 0 bridgehead atoms. The second-order valence-electron chi connectivity index (χ2n) is 6.41. The Morgan fingerprint density at radius 3 is 2.81 bits per heavy atom. The maximum absolute atomic E-state index is 11.5. The number of hydrogen-bond donors (Lipinski definition) is 2. The SMILES string of the molecule is Nc1cccc(CN2CCC[C@H]3CCCC[C@H]32)c1C(=O)O. The molecule has 114 valence electrons. The first-order valence-electron chi connectivity index (χ1n) is 8.01. The van der Waals surface area contributed by atoms with Crippen LogP contribution in [0, 0.1) is 5.92 Å². The molecule has 3 N–H and O–H groups in total. The minimum Gasteiger partial charge on any atom is -0.478 e. The molecule has 1 heterocycles. The number of benzene rings is 1. The maximum atomic E-state index is 11.5. The van der Waals surface area contributed by atoms with E-state index in [1.807, 2.05) is 12.1 Å². The quantitative estimate of drug-likeness (QED) is 0.839. The summed E-state index contributed by atoms with van der Waals surface area (Å²) in [4.78, 5) is 14.0. The molecule has 4 nitrogen and oxygen atoms in total. The molecule has 1 saturated carbocycles. The van der Waals surface area contributed by atoms with E-state index in [0.717, 1.165) is 18.0 Å². The first-order valence-corrected chi connectivity index (χ1v) is 8.01. The zero-order valence-corrected chi connectivity index (χ0v) is 12.4.